The van der Waals surface area contributed by atoms with E-state index in [1.54, 1.807) is 7.05 Å². The highest BCUT2D eigenvalue weighted by Crippen LogP contribution is 2.35. The van der Waals surface area contributed by atoms with Crippen LogP contribution in [0.3, 0.4) is 0 Å². The van der Waals surface area contributed by atoms with Gasteiger partial charge in [-0.2, -0.15) is 0 Å². The summed E-state index contributed by atoms with van der Waals surface area (Å²) < 4.78 is 29.4. The van der Waals surface area contributed by atoms with Crippen molar-refractivity contribution in [1.82, 2.24) is 10.6 Å². The third-order valence-corrected chi connectivity index (χ3v) is 8.29. The molecule has 0 aromatic heterocycles. The van der Waals surface area contributed by atoms with Crippen molar-refractivity contribution in [1.29, 1.82) is 0 Å². The molecule has 4 rings (SSSR count). The van der Waals surface area contributed by atoms with E-state index in [1.807, 2.05) is 0 Å². The molecule has 41 heavy (non-hydrogen) atoms. The van der Waals surface area contributed by atoms with Gasteiger partial charge in [-0.15, -0.1) is 0 Å². The molecule has 17 N–H and O–H groups in total. The summed E-state index contributed by atoms with van der Waals surface area (Å²) in [6.45, 7) is -0.694. The topological polar surface area (TPSA) is 316 Å². The quantitative estimate of drug-likeness (QED) is 0.110. The molecule has 0 aromatic carbocycles. The van der Waals surface area contributed by atoms with Gasteiger partial charge in [0.15, 0.2) is 18.9 Å². The van der Waals surface area contributed by atoms with Crippen LogP contribution in [0, 0.1) is 0 Å². The molecule has 240 valence electrons. The molecule has 18 nitrogen and oxygen atoms in total. The zero-order valence-electron chi connectivity index (χ0n) is 22.7. The maximum atomic E-state index is 11.2. The van der Waals surface area contributed by atoms with E-state index in [4.69, 9.17) is 51.7 Å². The number of nitrogens with one attached hydrogen (secondary N) is 2. The van der Waals surface area contributed by atoms with Crippen molar-refractivity contribution in [3.63, 3.8) is 0 Å². The van der Waals surface area contributed by atoms with Gasteiger partial charge >= 0.3 is 0 Å². The van der Waals surface area contributed by atoms with E-state index in [1.165, 1.54) is 0 Å². The van der Waals surface area contributed by atoms with Crippen molar-refractivity contribution in [3.05, 3.63) is 0 Å². The fourth-order valence-corrected chi connectivity index (χ4v) is 5.73. The van der Waals surface area contributed by atoms with E-state index in [0.717, 1.165) is 0 Å². The molecular weight excluding hydrogens is 552 g/mol. The molecule has 0 aromatic rings. The first-order valence-electron chi connectivity index (χ1n) is 13.8. The van der Waals surface area contributed by atoms with Crippen molar-refractivity contribution in [3.8, 4) is 0 Å². The zero-order chi connectivity index (χ0) is 30.2. The van der Waals surface area contributed by atoms with Gasteiger partial charge in [0.05, 0.1) is 49.6 Å². The Morgan fingerprint density at radius 1 is 0.829 bits per heavy atom. The van der Waals surface area contributed by atoms with E-state index in [2.05, 4.69) is 10.6 Å². The summed E-state index contributed by atoms with van der Waals surface area (Å²) in [7, 11) is 1.55. The Balaban J connectivity index is 1.37. The summed E-state index contributed by atoms with van der Waals surface area (Å²) in [4.78, 5) is 0. The van der Waals surface area contributed by atoms with Crippen molar-refractivity contribution in [2.45, 2.75) is 123 Å². The highest BCUT2D eigenvalue weighted by atomic mass is 16.8. The highest BCUT2D eigenvalue weighted by molar-refractivity contribution is 5.01. The number of aliphatic hydroxyl groups excluding tert-OH is 7. The van der Waals surface area contributed by atoms with Crippen LogP contribution in [0.4, 0.5) is 0 Å². The Morgan fingerprint density at radius 2 is 1.54 bits per heavy atom. The van der Waals surface area contributed by atoms with E-state index in [0.29, 0.717) is 0 Å². The number of nitrogens with two attached hydrogens (primary N) is 4. The molecule has 0 bridgehead atoms. The van der Waals surface area contributed by atoms with Crippen LogP contribution in [0.5, 0.6) is 0 Å². The lowest BCUT2D eigenvalue weighted by Gasteiger charge is -2.51. The number of ether oxygens (including phenoxy) is 5. The van der Waals surface area contributed by atoms with Gasteiger partial charge < -0.3 is 87.7 Å². The lowest BCUT2D eigenvalue weighted by molar-refractivity contribution is -0.367. The van der Waals surface area contributed by atoms with Crippen LogP contribution in [-0.2, 0) is 23.7 Å². The maximum Gasteiger partial charge on any atom is 0.189 e. The average Bonchev–Trinajstić information content (AvgIpc) is 2.94. The zero-order valence-corrected chi connectivity index (χ0v) is 22.7. The minimum Gasteiger partial charge on any atom is -0.395 e. The van der Waals surface area contributed by atoms with Crippen LogP contribution in [0.15, 0.2) is 0 Å². The minimum atomic E-state index is -1.58. The molecule has 7 unspecified atom stereocenters. The minimum absolute atomic E-state index is 0.147. The molecule has 1 saturated carbocycles. The number of aliphatic hydroxyl groups is 7. The maximum absolute atomic E-state index is 11.2. The van der Waals surface area contributed by atoms with E-state index in [-0.39, 0.29) is 19.4 Å². The average molecular weight is 599 g/mol. The number of fused-ring (bicyclic) bond motifs is 1. The Kier molecular flexibility index (Phi) is 11.3. The molecule has 4 aliphatic rings. The van der Waals surface area contributed by atoms with Crippen LogP contribution >= 0.6 is 0 Å². The third kappa shape index (κ3) is 7.00. The number of hydrogen-bond acceptors (Lipinski definition) is 18. The largest absolute Gasteiger partial charge is 0.395 e. The molecule has 3 saturated heterocycles. The van der Waals surface area contributed by atoms with Gasteiger partial charge in [0.2, 0.25) is 0 Å². The second-order valence-corrected chi connectivity index (χ2v) is 11.2. The predicted octanol–water partition coefficient (Wildman–Crippen LogP) is -8.04. The molecule has 3 heterocycles. The van der Waals surface area contributed by atoms with Crippen molar-refractivity contribution in [2.75, 3.05) is 20.3 Å². The van der Waals surface area contributed by atoms with E-state index in [9.17, 15) is 30.6 Å². The molecular formula is C23H46N6O12. The summed E-state index contributed by atoms with van der Waals surface area (Å²) in [5.41, 5.74) is 23.8. The molecule has 18 heteroatoms. The number of rotatable bonds is 9. The predicted molar refractivity (Wildman–Crippen MR) is 137 cm³/mol. The number of hydrogen-bond donors (Lipinski definition) is 13. The smallest absolute Gasteiger partial charge is 0.189 e. The van der Waals surface area contributed by atoms with Crippen LogP contribution < -0.4 is 33.6 Å². The SMILES string of the molecule is CNC1C(O[C@H]2OC[C@@H](N[C@H](O)[C@@H](N)CO)[C@H](O)C2O)O[C@H]2C[C@H](N)[C@@H](O[C@@H]3C(N)C[C@@H](N)C(O)[C@H]3O)OC2C1O. The Morgan fingerprint density at radius 3 is 2.20 bits per heavy atom. The van der Waals surface area contributed by atoms with E-state index >= 15 is 0 Å². The van der Waals surface area contributed by atoms with Crippen molar-refractivity contribution >= 4 is 0 Å². The molecule has 0 radical (unpaired) electrons. The third-order valence-electron chi connectivity index (χ3n) is 8.29. The molecule has 0 spiro atoms. The first-order chi connectivity index (χ1) is 19.4. The van der Waals surface area contributed by atoms with Crippen molar-refractivity contribution in [2.24, 2.45) is 22.9 Å². The van der Waals surface area contributed by atoms with Crippen LogP contribution in [0.2, 0.25) is 0 Å². The molecule has 1 aliphatic carbocycles. The molecule has 3 aliphatic heterocycles. The first-order valence-corrected chi connectivity index (χ1v) is 13.8. The Labute approximate surface area is 236 Å². The van der Waals surface area contributed by atoms with Gasteiger partial charge in [-0.1, -0.05) is 0 Å². The number of likely N-dealkylation sites (N-methyl/N-ethyl adjacent to an activating group) is 1. The van der Waals surface area contributed by atoms with Gasteiger partial charge in [-0.25, -0.2) is 0 Å². The standard InChI is InChI=1S/C23H46N6O12/c1-28-12-15(33)19-11(3-8(26)21(40-19)39-18-7(25)2-6(24)13(31)16(18)34)38-22(12)41-23-17(35)14(32)10(5-37-23)29-20(36)9(27)4-30/h6-23,28-36H,2-5,24-27H2,1H3/t6-,7?,8+,9+,10-,11+,12?,13?,14+,15?,16-,17?,18-,19?,20-,21+,22?,23-/m1/s1. The Bertz CT molecular complexity index is 838. The second kappa shape index (κ2) is 13.9. The Hall–Kier alpha value is -0.720. The molecule has 4 fully saturated rings. The summed E-state index contributed by atoms with van der Waals surface area (Å²) in [5.74, 6) is 0. The monoisotopic (exact) mass is 598 g/mol. The van der Waals surface area contributed by atoms with Crippen LogP contribution in [0.1, 0.15) is 12.8 Å². The summed E-state index contributed by atoms with van der Waals surface area (Å²) in [5, 5.41) is 77.6. The highest BCUT2D eigenvalue weighted by Gasteiger charge is 2.53. The lowest BCUT2D eigenvalue weighted by Crippen LogP contribution is -2.70. The molecule has 0 amide bonds. The van der Waals surface area contributed by atoms with Gasteiger partial charge in [0.1, 0.15) is 42.9 Å². The fraction of sp³-hybridized carbons (Fsp3) is 1.00. The first kappa shape index (κ1) is 33.2. The summed E-state index contributed by atoms with van der Waals surface area (Å²) in [6, 6.07) is -4.99. The van der Waals surface area contributed by atoms with Crippen LogP contribution in [-0.4, -0.2) is 166 Å². The fourth-order valence-electron chi connectivity index (χ4n) is 5.73. The summed E-state index contributed by atoms with van der Waals surface area (Å²) >= 11 is 0. The van der Waals surface area contributed by atoms with Crippen LogP contribution in [0.25, 0.3) is 0 Å². The van der Waals surface area contributed by atoms with Crippen molar-refractivity contribution < 1.29 is 59.4 Å². The van der Waals surface area contributed by atoms with Gasteiger partial charge in [0.25, 0.3) is 0 Å². The summed E-state index contributed by atoms with van der Waals surface area (Å²) in [6.07, 6.45) is -14.2. The van der Waals surface area contributed by atoms with E-state index < -0.39 is 117 Å². The van der Waals surface area contributed by atoms with Gasteiger partial charge in [-0.05, 0) is 19.9 Å². The second-order valence-electron chi connectivity index (χ2n) is 11.2. The van der Waals surface area contributed by atoms with Gasteiger partial charge in [-0.3, -0.25) is 5.32 Å². The van der Waals surface area contributed by atoms with Gasteiger partial charge in [0, 0.05) is 12.1 Å². The lowest BCUT2D eigenvalue weighted by atomic mass is 9.84. The molecule has 18 atom stereocenters. The normalized spacial score (nSPS) is 50.6.